The van der Waals surface area contributed by atoms with Crippen LogP contribution < -0.4 is 5.32 Å². The highest BCUT2D eigenvalue weighted by Crippen LogP contribution is 2.45. The lowest BCUT2D eigenvalue weighted by molar-refractivity contribution is -0.192. The van der Waals surface area contributed by atoms with Gasteiger partial charge in [-0.3, -0.25) is 4.79 Å². The third kappa shape index (κ3) is 3.59. The van der Waals surface area contributed by atoms with Crippen LogP contribution >= 0.6 is 0 Å². The Balaban J connectivity index is 0.000000224. The predicted molar refractivity (Wildman–Crippen MR) is 58.4 cm³/mol. The van der Waals surface area contributed by atoms with Crippen molar-refractivity contribution in [3.05, 3.63) is 0 Å². The Bertz CT molecular complexity index is 350. The zero-order chi connectivity index (χ0) is 14.7. The van der Waals surface area contributed by atoms with Gasteiger partial charge in [0.25, 0.3) is 0 Å². The summed E-state index contributed by atoms with van der Waals surface area (Å²) in [5, 5.41) is 10.3. The third-order valence-corrected chi connectivity index (χ3v) is 3.55. The first-order valence-electron chi connectivity index (χ1n) is 5.84. The van der Waals surface area contributed by atoms with Crippen molar-refractivity contribution < 1.29 is 32.6 Å². The number of carbonyl (C=O) groups is 2. The molecule has 2 N–H and O–H groups in total. The molecule has 0 radical (unpaired) electrons. The van der Waals surface area contributed by atoms with Crippen molar-refractivity contribution in [3.63, 3.8) is 0 Å². The van der Waals surface area contributed by atoms with Crippen LogP contribution in [0.3, 0.4) is 0 Å². The molecule has 2 rings (SSSR count). The van der Waals surface area contributed by atoms with Gasteiger partial charge in [-0.1, -0.05) is 12.8 Å². The van der Waals surface area contributed by atoms with Crippen LogP contribution in [-0.4, -0.2) is 42.9 Å². The molecule has 1 aliphatic heterocycles. The second kappa shape index (κ2) is 5.77. The average molecular weight is 283 g/mol. The van der Waals surface area contributed by atoms with E-state index in [2.05, 4.69) is 5.32 Å². The van der Waals surface area contributed by atoms with Gasteiger partial charge in [0.15, 0.2) is 0 Å². The summed E-state index contributed by atoms with van der Waals surface area (Å²) in [6.45, 7) is 1.01. The molecule has 1 saturated heterocycles. The van der Waals surface area contributed by atoms with E-state index in [0.29, 0.717) is 0 Å². The SMILES string of the molecule is COC(=O)C1NCC12CCCC2.O=C(O)C(F)(F)F. The Hall–Kier alpha value is -1.31. The van der Waals surface area contributed by atoms with Gasteiger partial charge in [0.2, 0.25) is 0 Å². The largest absolute Gasteiger partial charge is 0.490 e. The van der Waals surface area contributed by atoms with Crippen LogP contribution in [0.4, 0.5) is 13.2 Å². The number of hydrogen-bond donors (Lipinski definition) is 2. The molecule has 19 heavy (non-hydrogen) atoms. The molecule has 2 fully saturated rings. The summed E-state index contributed by atoms with van der Waals surface area (Å²) >= 11 is 0. The number of ether oxygens (including phenoxy) is 1. The molecule has 1 unspecified atom stereocenters. The first kappa shape index (κ1) is 15.7. The minimum Gasteiger partial charge on any atom is -0.475 e. The molecular weight excluding hydrogens is 267 g/mol. The molecular formula is C11H16F3NO4. The molecule has 5 nitrogen and oxygen atoms in total. The van der Waals surface area contributed by atoms with E-state index in [4.69, 9.17) is 14.6 Å². The maximum Gasteiger partial charge on any atom is 0.490 e. The number of esters is 1. The average Bonchev–Trinajstić information content (AvgIpc) is 2.78. The topological polar surface area (TPSA) is 75.6 Å². The zero-order valence-corrected chi connectivity index (χ0v) is 10.4. The number of carboxylic acids is 1. The van der Waals surface area contributed by atoms with Crippen LogP contribution in [0.1, 0.15) is 25.7 Å². The Labute approximate surface area is 108 Å². The molecule has 8 heteroatoms. The molecule has 0 bridgehead atoms. The van der Waals surface area contributed by atoms with Crippen LogP contribution in [0, 0.1) is 5.41 Å². The summed E-state index contributed by atoms with van der Waals surface area (Å²) in [4.78, 5) is 20.2. The third-order valence-electron chi connectivity index (χ3n) is 3.55. The lowest BCUT2D eigenvalue weighted by atomic mass is 9.72. The van der Waals surface area contributed by atoms with E-state index >= 15 is 0 Å². The van der Waals surface area contributed by atoms with Gasteiger partial charge >= 0.3 is 18.1 Å². The number of methoxy groups -OCH3 is 1. The molecule has 2 aliphatic rings. The van der Waals surface area contributed by atoms with E-state index in [9.17, 15) is 18.0 Å². The molecule has 0 amide bonds. The second-order valence-corrected chi connectivity index (χ2v) is 4.71. The van der Waals surface area contributed by atoms with Gasteiger partial charge in [0.1, 0.15) is 6.04 Å². The highest BCUT2D eigenvalue weighted by molar-refractivity contribution is 5.78. The highest BCUT2D eigenvalue weighted by atomic mass is 19.4. The van der Waals surface area contributed by atoms with Crippen LogP contribution in [0.5, 0.6) is 0 Å². The zero-order valence-electron chi connectivity index (χ0n) is 10.4. The van der Waals surface area contributed by atoms with Gasteiger partial charge in [-0.25, -0.2) is 4.79 Å². The van der Waals surface area contributed by atoms with Crippen molar-refractivity contribution in [2.45, 2.75) is 37.9 Å². The maximum atomic E-state index is 11.3. The number of alkyl halides is 3. The smallest absolute Gasteiger partial charge is 0.475 e. The molecule has 1 atom stereocenters. The first-order valence-corrected chi connectivity index (χ1v) is 5.84. The molecule has 1 saturated carbocycles. The maximum absolute atomic E-state index is 11.3. The number of nitrogens with one attached hydrogen (secondary N) is 1. The van der Waals surface area contributed by atoms with Crippen LogP contribution in [0.2, 0.25) is 0 Å². The van der Waals surface area contributed by atoms with E-state index in [1.807, 2.05) is 0 Å². The normalized spacial score (nSPS) is 24.1. The number of carboxylic acid groups (broad SMARTS) is 1. The van der Waals surface area contributed by atoms with Gasteiger partial charge in [-0.15, -0.1) is 0 Å². The molecule has 1 spiro atoms. The van der Waals surface area contributed by atoms with Crippen molar-refractivity contribution in [2.75, 3.05) is 13.7 Å². The highest BCUT2D eigenvalue weighted by Gasteiger charge is 2.52. The van der Waals surface area contributed by atoms with Gasteiger partial charge in [0, 0.05) is 12.0 Å². The van der Waals surface area contributed by atoms with E-state index in [0.717, 1.165) is 6.54 Å². The van der Waals surface area contributed by atoms with E-state index in [1.54, 1.807) is 0 Å². The Kier molecular flexibility index (Phi) is 4.78. The van der Waals surface area contributed by atoms with Crippen molar-refractivity contribution in [3.8, 4) is 0 Å². The van der Waals surface area contributed by atoms with Crippen LogP contribution in [-0.2, 0) is 14.3 Å². The van der Waals surface area contributed by atoms with Gasteiger partial charge in [-0.05, 0) is 12.8 Å². The molecule has 0 aromatic carbocycles. The van der Waals surface area contributed by atoms with Crippen molar-refractivity contribution >= 4 is 11.9 Å². The van der Waals surface area contributed by atoms with Crippen LogP contribution in [0.25, 0.3) is 0 Å². The number of rotatable bonds is 1. The van der Waals surface area contributed by atoms with Gasteiger partial charge < -0.3 is 15.2 Å². The minimum atomic E-state index is -5.08. The summed E-state index contributed by atoms with van der Waals surface area (Å²) in [6.07, 6.45) is -0.149. The monoisotopic (exact) mass is 283 g/mol. The Morgan fingerprint density at radius 2 is 1.79 bits per heavy atom. The predicted octanol–water partition coefficient (Wildman–Crippen LogP) is 1.32. The quantitative estimate of drug-likeness (QED) is 0.710. The van der Waals surface area contributed by atoms with E-state index in [-0.39, 0.29) is 17.4 Å². The number of halogens is 3. The molecule has 1 heterocycles. The minimum absolute atomic E-state index is 0.00926. The van der Waals surface area contributed by atoms with Crippen LogP contribution in [0.15, 0.2) is 0 Å². The van der Waals surface area contributed by atoms with Crippen molar-refractivity contribution in [1.82, 2.24) is 5.32 Å². The van der Waals surface area contributed by atoms with E-state index in [1.165, 1.54) is 32.8 Å². The lowest BCUT2D eigenvalue weighted by Gasteiger charge is -2.46. The molecule has 1 aliphatic carbocycles. The van der Waals surface area contributed by atoms with Gasteiger partial charge in [-0.2, -0.15) is 13.2 Å². The number of aliphatic carboxylic acids is 1. The summed E-state index contributed by atoms with van der Waals surface area (Å²) < 4.78 is 36.5. The summed E-state index contributed by atoms with van der Waals surface area (Å²) in [5.74, 6) is -2.84. The first-order chi connectivity index (χ1) is 8.73. The fraction of sp³-hybridized carbons (Fsp3) is 0.818. The summed E-state index contributed by atoms with van der Waals surface area (Å²) in [6, 6.07) is -0.00926. The summed E-state index contributed by atoms with van der Waals surface area (Å²) in [5.41, 5.74) is 0.271. The molecule has 110 valence electrons. The summed E-state index contributed by atoms with van der Waals surface area (Å²) in [7, 11) is 1.46. The Morgan fingerprint density at radius 3 is 2.05 bits per heavy atom. The fourth-order valence-corrected chi connectivity index (χ4v) is 2.49. The lowest BCUT2D eigenvalue weighted by Crippen LogP contribution is -2.65. The van der Waals surface area contributed by atoms with Crippen molar-refractivity contribution in [1.29, 1.82) is 0 Å². The number of carbonyl (C=O) groups excluding carboxylic acids is 1. The second-order valence-electron chi connectivity index (χ2n) is 4.71. The fourth-order valence-electron chi connectivity index (χ4n) is 2.49. The van der Waals surface area contributed by atoms with Gasteiger partial charge in [0.05, 0.1) is 7.11 Å². The Morgan fingerprint density at radius 1 is 1.32 bits per heavy atom. The van der Waals surface area contributed by atoms with Crippen molar-refractivity contribution in [2.24, 2.45) is 5.41 Å². The molecule has 0 aromatic heterocycles. The van der Waals surface area contributed by atoms with E-state index < -0.39 is 12.1 Å². The molecule has 0 aromatic rings. The number of hydrogen-bond acceptors (Lipinski definition) is 4. The standard InChI is InChI=1S/C9H15NO2.C2HF3O2/c1-12-8(11)7-9(6-10-7)4-2-3-5-9;3-2(4,5)1(6)7/h7,10H,2-6H2,1H3;(H,6,7).